The normalized spacial score (nSPS) is 17.4. The number of hydrogen-bond acceptors (Lipinski definition) is 4. The lowest BCUT2D eigenvalue weighted by molar-refractivity contribution is 0.0216. The van der Waals surface area contributed by atoms with Gasteiger partial charge >= 0.3 is 0 Å². The minimum Gasteiger partial charge on any atom is -0.493 e. The van der Waals surface area contributed by atoms with Crippen molar-refractivity contribution < 1.29 is 14.3 Å². The standard InChI is InChI=1S/C21H24N2O3/c1-25-19-9-5-8-18(20(19)26-2)21(24)23-13-17(14-23)22-11-10-15-6-3-4-7-16(15)12-22/h3-9,17H,10-14H2,1-2H3. The molecule has 26 heavy (non-hydrogen) atoms. The lowest BCUT2D eigenvalue weighted by Gasteiger charge is -2.47. The van der Waals surface area contributed by atoms with Gasteiger partial charge in [0.15, 0.2) is 11.5 Å². The lowest BCUT2D eigenvalue weighted by Crippen LogP contribution is -2.61. The van der Waals surface area contributed by atoms with Crippen LogP contribution in [0.25, 0.3) is 0 Å². The van der Waals surface area contributed by atoms with Crippen LogP contribution in [-0.4, -0.2) is 55.6 Å². The molecule has 1 saturated heterocycles. The quantitative estimate of drug-likeness (QED) is 0.848. The molecule has 0 spiro atoms. The summed E-state index contributed by atoms with van der Waals surface area (Å²) in [6, 6.07) is 14.5. The van der Waals surface area contributed by atoms with E-state index in [1.54, 1.807) is 26.4 Å². The molecular formula is C21H24N2O3. The molecule has 0 aliphatic carbocycles. The predicted octanol–water partition coefficient (Wildman–Crippen LogP) is 2.59. The van der Waals surface area contributed by atoms with Crippen molar-refractivity contribution in [1.29, 1.82) is 0 Å². The minimum absolute atomic E-state index is 0.00871. The van der Waals surface area contributed by atoms with Crippen LogP contribution in [0.5, 0.6) is 11.5 Å². The van der Waals surface area contributed by atoms with Crippen molar-refractivity contribution in [2.24, 2.45) is 0 Å². The van der Waals surface area contributed by atoms with Crippen LogP contribution in [0.3, 0.4) is 0 Å². The summed E-state index contributed by atoms with van der Waals surface area (Å²) in [5, 5.41) is 0. The average Bonchev–Trinajstić information content (AvgIpc) is 2.65. The molecule has 136 valence electrons. The van der Waals surface area contributed by atoms with E-state index in [9.17, 15) is 4.79 Å². The Labute approximate surface area is 154 Å². The van der Waals surface area contributed by atoms with Crippen molar-refractivity contribution in [1.82, 2.24) is 9.80 Å². The molecule has 0 aromatic heterocycles. The molecule has 2 aromatic carbocycles. The Kier molecular flexibility index (Phi) is 4.55. The van der Waals surface area contributed by atoms with Crippen LogP contribution in [0, 0.1) is 0 Å². The molecule has 5 nitrogen and oxygen atoms in total. The van der Waals surface area contributed by atoms with Gasteiger partial charge in [0.2, 0.25) is 0 Å². The van der Waals surface area contributed by atoms with Gasteiger partial charge in [-0.25, -0.2) is 0 Å². The number of nitrogens with zero attached hydrogens (tertiary/aromatic N) is 2. The highest BCUT2D eigenvalue weighted by atomic mass is 16.5. The summed E-state index contributed by atoms with van der Waals surface area (Å²) < 4.78 is 10.7. The third-order valence-corrected chi connectivity index (χ3v) is 5.46. The summed E-state index contributed by atoms with van der Waals surface area (Å²) in [4.78, 5) is 17.3. The first kappa shape index (κ1) is 16.9. The summed E-state index contributed by atoms with van der Waals surface area (Å²) in [6.45, 7) is 3.57. The first-order valence-electron chi connectivity index (χ1n) is 9.02. The van der Waals surface area contributed by atoms with E-state index in [4.69, 9.17) is 9.47 Å². The van der Waals surface area contributed by atoms with Gasteiger partial charge < -0.3 is 14.4 Å². The third-order valence-electron chi connectivity index (χ3n) is 5.46. The zero-order valence-corrected chi connectivity index (χ0v) is 15.3. The van der Waals surface area contributed by atoms with Gasteiger partial charge in [-0.1, -0.05) is 30.3 Å². The largest absolute Gasteiger partial charge is 0.493 e. The van der Waals surface area contributed by atoms with Crippen molar-refractivity contribution in [3.8, 4) is 11.5 Å². The van der Waals surface area contributed by atoms with E-state index < -0.39 is 0 Å². The van der Waals surface area contributed by atoms with Gasteiger partial charge in [0.1, 0.15) is 0 Å². The predicted molar refractivity (Wildman–Crippen MR) is 99.8 cm³/mol. The molecular weight excluding hydrogens is 328 g/mol. The lowest BCUT2D eigenvalue weighted by atomic mass is 9.96. The Bertz CT molecular complexity index is 815. The van der Waals surface area contributed by atoms with E-state index in [0.29, 0.717) is 23.1 Å². The average molecular weight is 352 g/mol. The summed E-state index contributed by atoms with van der Waals surface area (Å²) in [6.07, 6.45) is 1.09. The fourth-order valence-corrected chi connectivity index (χ4v) is 3.91. The number of hydrogen-bond donors (Lipinski definition) is 0. The van der Waals surface area contributed by atoms with Crippen LogP contribution in [0.4, 0.5) is 0 Å². The number of rotatable bonds is 4. The number of methoxy groups -OCH3 is 2. The fraction of sp³-hybridized carbons (Fsp3) is 0.381. The number of fused-ring (bicyclic) bond motifs is 1. The minimum atomic E-state index is 0.00871. The first-order chi connectivity index (χ1) is 12.7. The molecule has 2 heterocycles. The summed E-state index contributed by atoms with van der Waals surface area (Å²) in [7, 11) is 3.15. The molecule has 0 atom stereocenters. The summed E-state index contributed by atoms with van der Waals surface area (Å²) >= 11 is 0. The molecule has 2 aromatic rings. The third kappa shape index (κ3) is 2.92. The summed E-state index contributed by atoms with van der Waals surface area (Å²) in [5.74, 6) is 1.10. The highest BCUT2D eigenvalue weighted by Gasteiger charge is 2.37. The number of amides is 1. The van der Waals surface area contributed by atoms with Crippen LogP contribution in [-0.2, 0) is 13.0 Å². The second kappa shape index (κ2) is 7.00. The fourth-order valence-electron chi connectivity index (χ4n) is 3.91. The maximum absolute atomic E-state index is 12.9. The Morgan fingerprint density at radius 1 is 1.00 bits per heavy atom. The van der Waals surface area contributed by atoms with Crippen molar-refractivity contribution in [3.63, 3.8) is 0 Å². The Morgan fingerprint density at radius 2 is 1.77 bits per heavy atom. The van der Waals surface area contributed by atoms with Crippen molar-refractivity contribution >= 4 is 5.91 Å². The SMILES string of the molecule is COc1cccc(C(=O)N2CC(N3CCc4ccccc4C3)C2)c1OC. The molecule has 0 radical (unpaired) electrons. The van der Waals surface area contributed by atoms with E-state index in [1.807, 2.05) is 11.0 Å². The second-order valence-corrected chi connectivity index (χ2v) is 6.89. The highest BCUT2D eigenvalue weighted by Crippen LogP contribution is 2.33. The van der Waals surface area contributed by atoms with Gasteiger partial charge in [-0.05, 0) is 29.7 Å². The number of para-hydroxylation sites is 1. The Hall–Kier alpha value is -2.53. The van der Waals surface area contributed by atoms with E-state index in [2.05, 4.69) is 29.2 Å². The van der Waals surface area contributed by atoms with Crippen LogP contribution in [0.2, 0.25) is 0 Å². The van der Waals surface area contributed by atoms with Gasteiger partial charge in [0.25, 0.3) is 5.91 Å². The van der Waals surface area contributed by atoms with Crippen LogP contribution in [0.1, 0.15) is 21.5 Å². The van der Waals surface area contributed by atoms with Gasteiger partial charge in [-0.3, -0.25) is 9.69 Å². The monoisotopic (exact) mass is 352 g/mol. The molecule has 1 amide bonds. The van der Waals surface area contributed by atoms with E-state index >= 15 is 0 Å². The Balaban J connectivity index is 1.42. The topological polar surface area (TPSA) is 42.0 Å². The van der Waals surface area contributed by atoms with Gasteiger partial charge in [0, 0.05) is 32.2 Å². The van der Waals surface area contributed by atoms with Gasteiger partial charge in [-0.15, -0.1) is 0 Å². The zero-order chi connectivity index (χ0) is 18.1. The maximum Gasteiger partial charge on any atom is 0.257 e. The number of benzene rings is 2. The van der Waals surface area contributed by atoms with Crippen LogP contribution in [0.15, 0.2) is 42.5 Å². The van der Waals surface area contributed by atoms with E-state index in [-0.39, 0.29) is 5.91 Å². The molecule has 0 bridgehead atoms. The van der Waals surface area contributed by atoms with E-state index in [0.717, 1.165) is 32.6 Å². The number of ether oxygens (including phenoxy) is 2. The van der Waals surface area contributed by atoms with Gasteiger partial charge in [-0.2, -0.15) is 0 Å². The maximum atomic E-state index is 12.9. The van der Waals surface area contributed by atoms with Crippen molar-refractivity contribution in [2.75, 3.05) is 33.9 Å². The number of likely N-dealkylation sites (tertiary alicyclic amines) is 1. The molecule has 2 aliphatic rings. The number of carbonyl (C=O) groups is 1. The molecule has 4 rings (SSSR count). The Morgan fingerprint density at radius 3 is 2.50 bits per heavy atom. The smallest absolute Gasteiger partial charge is 0.257 e. The molecule has 2 aliphatic heterocycles. The molecule has 0 saturated carbocycles. The zero-order valence-electron chi connectivity index (χ0n) is 15.3. The van der Waals surface area contributed by atoms with Gasteiger partial charge in [0.05, 0.1) is 19.8 Å². The van der Waals surface area contributed by atoms with E-state index in [1.165, 1.54) is 11.1 Å². The van der Waals surface area contributed by atoms with Crippen LogP contribution >= 0.6 is 0 Å². The molecule has 0 N–H and O–H groups in total. The molecule has 5 heteroatoms. The second-order valence-electron chi connectivity index (χ2n) is 6.89. The van der Waals surface area contributed by atoms with Crippen LogP contribution < -0.4 is 9.47 Å². The molecule has 0 unspecified atom stereocenters. The highest BCUT2D eigenvalue weighted by molar-refractivity contribution is 5.98. The van der Waals surface area contributed by atoms with Crippen molar-refractivity contribution in [2.45, 2.75) is 19.0 Å². The molecule has 1 fully saturated rings. The number of carbonyl (C=O) groups excluding carboxylic acids is 1. The van der Waals surface area contributed by atoms with Crippen molar-refractivity contribution in [3.05, 3.63) is 59.2 Å². The first-order valence-corrected chi connectivity index (χ1v) is 9.02. The summed E-state index contributed by atoms with van der Waals surface area (Å²) in [5.41, 5.74) is 3.43.